The molecule has 0 saturated carbocycles. The molecule has 37 heavy (non-hydrogen) atoms. The summed E-state index contributed by atoms with van der Waals surface area (Å²) in [6.45, 7) is 6.07. The minimum atomic E-state index is -0.220. The van der Waals surface area contributed by atoms with E-state index in [0.717, 1.165) is 46.2 Å². The molecular weight excluding hydrogens is 464 g/mol. The number of benzene rings is 3. The summed E-state index contributed by atoms with van der Waals surface area (Å²) in [5.41, 5.74) is 15.0. The second-order valence-corrected chi connectivity index (χ2v) is 10.4. The maximum absolute atomic E-state index is 13.6. The Bertz CT molecular complexity index is 1380. The first kappa shape index (κ1) is 24.6. The molecule has 8 heteroatoms. The van der Waals surface area contributed by atoms with Gasteiger partial charge < -0.3 is 26.0 Å². The van der Waals surface area contributed by atoms with Crippen LogP contribution in [0.5, 0.6) is 5.75 Å². The van der Waals surface area contributed by atoms with Crippen molar-refractivity contribution in [3.8, 4) is 5.75 Å². The average molecular weight is 499 g/mol. The van der Waals surface area contributed by atoms with Crippen LogP contribution in [0.1, 0.15) is 49.3 Å². The number of nitrogens with zero attached hydrogens (tertiary/aromatic N) is 2. The Labute approximate surface area is 217 Å². The fourth-order valence-corrected chi connectivity index (χ4v) is 5.48. The fraction of sp³-hybridized carbons (Fsp3) is 0.345. The number of piperidine rings is 1. The van der Waals surface area contributed by atoms with Gasteiger partial charge in [-0.05, 0) is 58.1 Å². The highest BCUT2D eigenvalue weighted by Crippen LogP contribution is 2.44. The summed E-state index contributed by atoms with van der Waals surface area (Å²) < 4.78 is 6.31. The van der Waals surface area contributed by atoms with Crippen LogP contribution in [-0.2, 0) is 11.3 Å². The number of carbonyl (C=O) groups excluding carboxylic acids is 1. The van der Waals surface area contributed by atoms with Crippen LogP contribution in [0.4, 0.5) is 5.69 Å². The van der Waals surface area contributed by atoms with Crippen LogP contribution in [0.2, 0.25) is 0 Å². The molecule has 2 aliphatic rings. The second-order valence-electron chi connectivity index (χ2n) is 10.4. The standard InChI is InChI=1S/C29H34N6O2/c1-17(2)26-24-15-23(37-22-9-11-34(12-10-22)29(32)33)7-8-25(24)35(28(26)36)16-18-3-4-19-5-6-20(27(30)31)14-21(19)13-18/h3-8,13-15,17,22,26H,9-12,16H2,1-2H3,(H3,30,31)(H3,32,33). The maximum Gasteiger partial charge on any atom is 0.235 e. The summed E-state index contributed by atoms with van der Waals surface area (Å²) in [5.74, 6) is 0.971. The largest absolute Gasteiger partial charge is 0.490 e. The third kappa shape index (κ3) is 4.83. The SMILES string of the molecule is CC(C)C1C(=O)N(Cc2ccc3ccc(C(=N)N)cc3c2)c2ccc(OC3CCN(C(=N)N)CC3)cc21. The first-order valence-corrected chi connectivity index (χ1v) is 12.8. The lowest BCUT2D eigenvalue weighted by atomic mass is 9.89. The topological polar surface area (TPSA) is 133 Å². The normalized spacial score (nSPS) is 17.9. The molecule has 2 heterocycles. The quantitative estimate of drug-likeness (QED) is 0.299. The van der Waals surface area contributed by atoms with Gasteiger partial charge in [0.1, 0.15) is 17.7 Å². The highest BCUT2D eigenvalue weighted by Gasteiger charge is 2.39. The van der Waals surface area contributed by atoms with Crippen molar-refractivity contribution in [3.63, 3.8) is 0 Å². The number of carbonyl (C=O) groups is 1. The van der Waals surface area contributed by atoms with Crippen LogP contribution >= 0.6 is 0 Å². The highest BCUT2D eigenvalue weighted by atomic mass is 16.5. The number of nitrogens with two attached hydrogens (primary N) is 2. The summed E-state index contributed by atoms with van der Waals surface area (Å²) in [7, 11) is 0. The molecule has 6 N–H and O–H groups in total. The van der Waals surface area contributed by atoms with Crippen molar-refractivity contribution in [1.29, 1.82) is 10.8 Å². The molecule has 1 unspecified atom stereocenters. The average Bonchev–Trinajstić information content (AvgIpc) is 3.14. The minimum Gasteiger partial charge on any atom is -0.490 e. The van der Waals surface area contributed by atoms with Crippen LogP contribution in [0.3, 0.4) is 0 Å². The van der Waals surface area contributed by atoms with Gasteiger partial charge in [-0.25, -0.2) is 0 Å². The van der Waals surface area contributed by atoms with Crippen LogP contribution in [0.15, 0.2) is 54.6 Å². The number of amides is 1. The number of hydrogen-bond acceptors (Lipinski definition) is 4. The van der Waals surface area contributed by atoms with Gasteiger partial charge in [-0.3, -0.25) is 15.6 Å². The first-order valence-electron chi connectivity index (χ1n) is 12.8. The number of likely N-dealkylation sites (tertiary alicyclic amines) is 1. The molecule has 8 nitrogen and oxygen atoms in total. The van der Waals surface area contributed by atoms with E-state index < -0.39 is 0 Å². The molecule has 3 aromatic rings. The third-order valence-corrected chi connectivity index (χ3v) is 7.47. The van der Waals surface area contributed by atoms with Gasteiger partial charge in [-0.1, -0.05) is 38.1 Å². The predicted molar refractivity (Wildman–Crippen MR) is 147 cm³/mol. The van der Waals surface area contributed by atoms with Crippen LogP contribution in [0, 0.1) is 16.7 Å². The zero-order valence-corrected chi connectivity index (χ0v) is 21.3. The van der Waals surface area contributed by atoms with Crippen molar-refractivity contribution in [1.82, 2.24) is 4.90 Å². The van der Waals surface area contributed by atoms with Gasteiger partial charge in [0.25, 0.3) is 0 Å². The Kier molecular flexibility index (Phi) is 6.50. The van der Waals surface area contributed by atoms with Gasteiger partial charge >= 0.3 is 0 Å². The number of nitrogens with one attached hydrogen (secondary N) is 2. The Balaban J connectivity index is 1.39. The fourth-order valence-electron chi connectivity index (χ4n) is 5.48. The summed E-state index contributed by atoms with van der Waals surface area (Å²) in [5, 5.41) is 17.4. The molecule has 0 aliphatic carbocycles. The Morgan fingerprint density at radius 1 is 1.00 bits per heavy atom. The number of rotatable bonds is 6. The Morgan fingerprint density at radius 3 is 2.41 bits per heavy atom. The monoisotopic (exact) mass is 498 g/mol. The summed E-state index contributed by atoms with van der Waals surface area (Å²) >= 11 is 0. The van der Waals surface area contributed by atoms with Crippen LogP contribution in [-0.4, -0.2) is 41.8 Å². The molecule has 5 rings (SSSR count). The number of hydrogen-bond donors (Lipinski definition) is 4. The summed E-state index contributed by atoms with van der Waals surface area (Å²) in [4.78, 5) is 17.4. The highest BCUT2D eigenvalue weighted by molar-refractivity contribution is 6.05. The van der Waals surface area contributed by atoms with E-state index in [1.54, 1.807) is 0 Å². The zero-order valence-electron chi connectivity index (χ0n) is 21.3. The lowest BCUT2D eigenvalue weighted by molar-refractivity contribution is -0.120. The van der Waals surface area contributed by atoms with Crippen molar-refractivity contribution in [2.75, 3.05) is 18.0 Å². The Hall–Kier alpha value is -4.07. The molecule has 0 spiro atoms. The maximum atomic E-state index is 13.6. The van der Waals surface area contributed by atoms with Gasteiger partial charge in [0.05, 0.1) is 12.5 Å². The molecule has 1 fully saturated rings. The van der Waals surface area contributed by atoms with Crippen molar-refractivity contribution >= 4 is 34.2 Å². The molecule has 1 amide bonds. The summed E-state index contributed by atoms with van der Waals surface area (Å²) in [6.07, 6.45) is 1.68. The molecule has 192 valence electrons. The molecule has 2 aliphatic heterocycles. The molecule has 1 atom stereocenters. The van der Waals surface area contributed by atoms with E-state index in [0.29, 0.717) is 25.2 Å². The van der Waals surface area contributed by atoms with E-state index in [9.17, 15) is 4.79 Å². The first-order chi connectivity index (χ1) is 17.7. The van der Waals surface area contributed by atoms with Gasteiger partial charge in [0, 0.05) is 37.2 Å². The second kappa shape index (κ2) is 9.76. The number of amidine groups is 1. The van der Waals surface area contributed by atoms with Crippen molar-refractivity contribution in [2.24, 2.45) is 17.4 Å². The van der Waals surface area contributed by atoms with Gasteiger partial charge in [0.15, 0.2) is 5.96 Å². The molecule has 0 bridgehead atoms. The Morgan fingerprint density at radius 2 is 1.73 bits per heavy atom. The van der Waals surface area contributed by atoms with E-state index in [4.69, 9.17) is 27.0 Å². The lowest BCUT2D eigenvalue weighted by Crippen LogP contribution is -2.44. The van der Waals surface area contributed by atoms with E-state index >= 15 is 0 Å². The van der Waals surface area contributed by atoms with Crippen molar-refractivity contribution in [3.05, 3.63) is 71.3 Å². The number of fused-ring (bicyclic) bond motifs is 2. The molecule has 0 radical (unpaired) electrons. The number of guanidine groups is 1. The zero-order chi connectivity index (χ0) is 26.3. The molecular formula is C29H34N6O2. The molecule has 1 saturated heterocycles. The van der Waals surface area contributed by atoms with E-state index in [2.05, 4.69) is 26.0 Å². The van der Waals surface area contributed by atoms with Gasteiger partial charge in [-0.2, -0.15) is 0 Å². The number of nitrogen functional groups attached to an aromatic ring is 1. The molecule has 0 aromatic heterocycles. The smallest absolute Gasteiger partial charge is 0.235 e. The minimum absolute atomic E-state index is 0.0400. The predicted octanol–water partition coefficient (Wildman–Crippen LogP) is 4.15. The van der Waals surface area contributed by atoms with E-state index in [1.165, 1.54) is 0 Å². The van der Waals surface area contributed by atoms with E-state index in [1.807, 2.05) is 52.3 Å². The van der Waals surface area contributed by atoms with Crippen molar-refractivity contribution in [2.45, 2.75) is 45.3 Å². The van der Waals surface area contributed by atoms with E-state index in [-0.39, 0.29) is 35.6 Å². The van der Waals surface area contributed by atoms with Gasteiger partial charge in [-0.15, -0.1) is 0 Å². The summed E-state index contributed by atoms with van der Waals surface area (Å²) in [6, 6.07) is 17.9. The molecule has 3 aromatic carbocycles. The lowest BCUT2D eigenvalue weighted by Gasteiger charge is -2.32. The number of ether oxygens (including phenoxy) is 1. The van der Waals surface area contributed by atoms with Crippen LogP contribution in [0.25, 0.3) is 10.8 Å². The number of anilines is 1. The third-order valence-electron chi connectivity index (χ3n) is 7.47. The van der Waals surface area contributed by atoms with Crippen LogP contribution < -0.4 is 21.1 Å². The van der Waals surface area contributed by atoms with Gasteiger partial charge in [0.2, 0.25) is 5.91 Å². The van der Waals surface area contributed by atoms with Crippen molar-refractivity contribution < 1.29 is 9.53 Å².